The predicted octanol–water partition coefficient (Wildman–Crippen LogP) is 1.11. The molecule has 0 saturated carbocycles. The lowest BCUT2D eigenvalue weighted by Gasteiger charge is -2.22. The maximum absolute atomic E-state index is 10.8. The first kappa shape index (κ1) is 11.7. The Hall–Kier alpha value is -1.80. The van der Waals surface area contributed by atoms with Crippen molar-refractivity contribution in [3.8, 4) is 11.8 Å². The van der Waals surface area contributed by atoms with Gasteiger partial charge < -0.3 is 9.47 Å². The molecule has 2 rings (SSSR count). The van der Waals surface area contributed by atoms with Gasteiger partial charge in [-0.2, -0.15) is 5.10 Å². The van der Waals surface area contributed by atoms with Gasteiger partial charge >= 0.3 is 5.97 Å². The summed E-state index contributed by atoms with van der Waals surface area (Å²) in [6, 6.07) is 0. The number of rotatable bonds is 1. The Labute approximate surface area is 99.7 Å². The Kier molecular flexibility index (Phi) is 3.78. The normalized spacial score (nSPS) is 19.2. The summed E-state index contributed by atoms with van der Waals surface area (Å²) in [5, 5.41) is 4.18. The van der Waals surface area contributed by atoms with E-state index in [4.69, 9.17) is 4.74 Å². The van der Waals surface area contributed by atoms with Crippen LogP contribution in [0.2, 0.25) is 0 Å². The first-order valence-electron chi connectivity index (χ1n) is 5.55. The maximum Gasteiger partial charge on any atom is 0.384 e. The summed E-state index contributed by atoms with van der Waals surface area (Å²) in [4.78, 5) is 10.8. The second-order valence-corrected chi connectivity index (χ2v) is 3.77. The minimum atomic E-state index is -0.549. The highest BCUT2D eigenvalue weighted by Crippen LogP contribution is 2.21. The van der Waals surface area contributed by atoms with Gasteiger partial charge in [0.1, 0.15) is 6.23 Å². The SMILES string of the molecule is COC(=O)C#Cc1cnn([C@@H]2CCCCO2)c1. The number of ether oxygens (including phenoxy) is 2. The molecule has 1 aromatic rings. The van der Waals surface area contributed by atoms with E-state index >= 15 is 0 Å². The Morgan fingerprint density at radius 3 is 3.24 bits per heavy atom. The quantitative estimate of drug-likeness (QED) is 0.539. The molecule has 0 N–H and O–H groups in total. The lowest BCUT2D eigenvalue weighted by molar-refractivity contribution is -0.133. The predicted molar refractivity (Wildman–Crippen MR) is 60.0 cm³/mol. The van der Waals surface area contributed by atoms with E-state index < -0.39 is 5.97 Å². The van der Waals surface area contributed by atoms with Gasteiger partial charge in [0.05, 0.1) is 18.9 Å². The van der Waals surface area contributed by atoms with Gasteiger partial charge in [-0.1, -0.05) is 5.92 Å². The maximum atomic E-state index is 10.8. The number of hydrogen-bond acceptors (Lipinski definition) is 4. The standard InChI is InChI=1S/C12H14N2O3/c1-16-12(15)6-5-10-8-13-14(9-10)11-4-2-3-7-17-11/h8-9,11H,2-4,7H2,1H3/t11-/m0/s1. The third kappa shape index (κ3) is 3.08. The summed E-state index contributed by atoms with van der Waals surface area (Å²) in [5.74, 6) is 4.50. The Morgan fingerprint density at radius 2 is 2.53 bits per heavy atom. The fourth-order valence-corrected chi connectivity index (χ4v) is 1.67. The molecule has 1 aliphatic rings. The molecule has 0 radical (unpaired) electrons. The molecule has 2 heterocycles. The first-order chi connectivity index (χ1) is 8.29. The number of aromatic nitrogens is 2. The molecule has 0 aliphatic carbocycles. The van der Waals surface area contributed by atoms with Crippen LogP contribution in [0.25, 0.3) is 0 Å². The van der Waals surface area contributed by atoms with E-state index in [0.717, 1.165) is 25.9 Å². The van der Waals surface area contributed by atoms with Crippen LogP contribution in [0, 0.1) is 11.8 Å². The highest BCUT2D eigenvalue weighted by molar-refractivity contribution is 5.88. The molecule has 1 fully saturated rings. The number of hydrogen-bond donors (Lipinski definition) is 0. The van der Waals surface area contributed by atoms with E-state index in [1.54, 1.807) is 17.1 Å². The molecular formula is C12H14N2O3. The minimum Gasteiger partial charge on any atom is -0.459 e. The zero-order valence-corrected chi connectivity index (χ0v) is 9.68. The molecule has 1 aliphatic heterocycles. The zero-order chi connectivity index (χ0) is 12.1. The van der Waals surface area contributed by atoms with Gasteiger partial charge in [-0.05, 0) is 19.3 Å². The fraction of sp³-hybridized carbons (Fsp3) is 0.500. The number of carbonyl (C=O) groups excluding carboxylic acids is 1. The summed E-state index contributed by atoms with van der Waals surface area (Å²) >= 11 is 0. The largest absolute Gasteiger partial charge is 0.459 e. The van der Waals surface area contributed by atoms with Gasteiger partial charge in [-0.25, -0.2) is 9.48 Å². The van der Waals surface area contributed by atoms with Crippen molar-refractivity contribution in [2.45, 2.75) is 25.5 Å². The van der Waals surface area contributed by atoms with Crippen molar-refractivity contribution in [3.05, 3.63) is 18.0 Å². The van der Waals surface area contributed by atoms with Gasteiger partial charge in [-0.15, -0.1) is 0 Å². The molecule has 5 heteroatoms. The third-order valence-electron chi connectivity index (χ3n) is 2.55. The van der Waals surface area contributed by atoms with Crippen molar-refractivity contribution in [1.82, 2.24) is 9.78 Å². The van der Waals surface area contributed by atoms with Crippen LogP contribution >= 0.6 is 0 Å². The van der Waals surface area contributed by atoms with Gasteiger partial charge in [0, 0.05) is 18.7 Å². The van der Waals surface area contributed by atoms with Crippen molar-refractivity contribution < 1.29 is 14.3 Å². The third-order valence-corrected chi connectivity index (χ3v) is 2.55. The van der Waals surface area contributed by atoms with Crippen LogP contribution in [0.15, 0.2) is 12.4 Å². The molecule has 0 spiro atoms. The van der Waals surface area contributed by atoms with Crippen molar-refractivity contribution >= 4 is 5.97 Å². The van der Waals surface area contributed by atoms with E-state index in [9.17, 15) is 4.79 Å². The molecule has 1 saturated heterocycles. The molecule has 5 nitrogen and oxygen atoms in total. The van der Waals surface area contributed by atoms with E-state index in [-0.39, 0.29) is 6.23 Å². The number of carbonyl (C=O) groups is 1. The fourth-order valence-electron chi connectivity index (χ4n) is 1.67. The molecule has 17 heavy (non-hydrogen) atoms. The summed E-state index contributed by atoms with van der Waals surface area (Å²) in [7, 11) is 1.30. The summed E-state index contributed by atoms with van der Waals surface area (Å²) in [5.41, 5.74) is 0.685. The molecule has 0 amide bonds. The number of methoxy groups -OCH3 is 1. The topological polar surface area (TPSA) is 53.3 Å². The van der Waals surface area contributed by atoms with Crippen LogP contribution in [0.3, 0.4) is 0 Å². The van der Waals surface area contributed by atoms with Crippen LogP contribution < -0.4 is 0 Å². The molecule has 90 valence electrons. The average Bonchev–Trinajstić information content (AvgIpc) is 2.86. The molecule has 0 aromatic carbocycles. The van der Waals surface area contributed by atoms with Crippen molar-refractivity contribution in [3.63, 3.8) is 0 Å². The van der Waals surface area contributed by atoms with Gasteiger partial charge in [0.15, 0.2) is 0 Å². The highest BCUT2D eigenvalue weighted by Gasteiger charge is 2.15. The van der Waals surface area contributed by atoms with Crippen LogP contribution in [0.4, 0.5) is 0 Å². The van der Waals surface area contributed by atoms with E-state index in [1.807, 2.05) is 0 Å². The number of esters is 1. The molecule has 0 bridgehead atoms. The van der Waals surface area contributed by atoms with E-state index in [1.165, 1.54) is 7.11 Å². The van der Waals surface area contributed by atoms with E-state index in [0.29, 0.717) is 5.56 Å². The highest BCUT2D eigenvalue weighted by atomic mass is 16.5. The van der Waals surface area contributed by atoms with Crippen LogP contribution in [0.1, 0.15) is 31.1 Å². The summed E-state index contributed by atoms with van der Waals surface area (Å²) in [6.45, 7) is 0.772. The van der Waals surface area contributed by atoms with Gasteiger partial charge in [0.25, 0.3) is 0 Å². The minimum absolute atomic E-state index is 0.00238. The molecule has 1 aromatic heterocycles. The lowest BCUT2D eigenvalue weighted by atomic mass is 10.2. The summed E-state index contributed by atoms with van der Waals surface area (Å²) < 4.78 is 11.8. The Bertz CT molecular complexity index is 450. The zero-order valence-electron chi connectivity index (χ0n) is 9.68. The van der Waals surface area contributed by atoms with Crippen molar-refractivity contribution in [1.29, 1.82) is 0 Å². The summed E-state index contributed by atoms with van der Waals surface area (Å²) in [6.07, 6.45) is 6.61. The van der Waals surface area contributed by atoms with Crippen LogP contribution in [-0.2, 0) is 14.3 Å². The number of nitrogens with zero attached hydrogens (tertiary/aromatic N) is 2. The van der Waals surface area contributed by atoms with Crippen LogP contribution in [-0.4, -0.2) is 29.5 Å². The van der Waals surface area contributed by atoms with Crippen LogP contribution in [0.5, 0.6) is 0 Å². The second-order valence-electron chi connectivity index (χ2n) is 3.77. The van der Waals surface area contributed by atoms with Gasteiger partial charge in [0.2, 0.25) is 0 Å². The Morgan fingerprint density at radius 1 is 1.65 bits per heavy atom. The smallest absolute Gasteiger partial charge is 0.384 e. The van der Waals surface area contributed by atoms with Crippen molar-refractivity contribution in [2.75, 3.05) is 13.7 Å². The second kappa shape index (κ2) is 5.51. The average molecular weight is 234 g/mol. The monoisotopic (exact) mass is 234 g/mol. The molecular weight excluding hydrogens is 220 g/mol. The van der Waals surface area contributed by atoms with E-state index in [2.05, 4.69) is 21.7 Å². The first-order valence-corrected chi connectivity index (χ1v) is 5.55. The van der Waals surface area contributed by atoms with Crippen molar-refractivity contribution in [2.24, 2.45) is 0 Å². The molecule has 1 atom stereocenters. The molecule has 0 unspecified atom stereocenters. The lowest BCUT2D eigenvalue weighted by Crippen LogP contribution is -2.18. The van der Waals surface area contributed by atoms with Gasteiger partial charge in [-0.3, -0.25) is 0 Å². The Balaban J connectivity index is 2.04.